The van der Waals surface area contributed by atoms with E-state index in [2.05, 4.69) is 0 Å². The molecule has 0 atom stereocenters. The Labute approximate surface area is 572 Å². The predicted molar refractivity (Wildman–Crippen MR) is 100 cm³/mol. The van der Waals surface area contributed by atoms with E-state index in [0.29, 0.717) is 0 Å². The molecule has 0 rings (SSSR count). The first-order chi connectivity index (χ1) is 0. The van der Waals surface area contributed by atoms with E-state index >= 15 is 0 Å². The summed E-state index contributed by atoms with van der Waals surface area (Å²) in [6, 6.07) is 0. The van der Waals surface area contributed by atoms with Crippen molar-refractivity contribution in [2.45, 2.75) is 0 Å². The molecule has 0 unspecified atom stereocenters. The minimum absolute atomic E-state index is 0. The van der Waals surface area contributed by atoms with Gasteiger partial charge in [-0.25, -0.2) is 0 Å². The Hall–Kier alpha value is 17.8. The summed E-state index contributed by atoms with van der Waals surface area (Å²) in [5, 5.41) is 0. The van der Waals surface area contributed by atoms with Gasteiger partial charge in [-0.1, -0.05) is 0 Å². The van der Waals surface area contributed by atoms with Gasteiger partial charge >= 0.3 is 565 Å². The van der Waals surface area contributed by atoms with Gasteiger partial charge < -0.3 is 32.9 Å². The molecule has 0 aromatic carbocycles. The standard InChI is InChI=1S/11K.6H2O.11H/h;;;;;;;;;;;6*1H2;;;;;;;;;;;. The predicted octanol–water partition coefficient (Wildman–Crippen LogP) is -12.1. The zero-order valence-electron chi connectivity index (χ0n) is 3.00. The van der Waals surface area contributed by atoms with Crippen molar-refractivity contribution in [1.29, 1.82) is 0 Å². The van der Waals surface area contributed by atoms with Crippen LogP contribution in [-0.4, -0.2) is 598 Å². The zero-order chi connectivity index (χ0) is 0. The molecule has 0 aliphatic rings. The van der Waals surface area contributed by atoms with Crippen LogP contribution in [0.15, 0.2) is 0 Å². The van der Waals surface area contributed by atoms with Crippen molar-refractivity contribution >= 4 is 565 Å². The second-order valence-corrected chi connectivity index (χ2v) is 0. The van der Waals surface area contributed by atoms with Gasteiger partial charge in [0.05, 0.1) is 0 Å². The van der Waals surface area contributed by atoms with Crippen LogP contribution in [0.4, 0.5) is 0 Å². The van der Waals surface area contributed by atoms with Gasteiger partial charge in [-0.2, -0.15) is 0 Å². The number of hydrogen-bond donors (Lipinski definition) is 0. The normalized spacial score (nSPS) is 0. The monoisotopic (exact) mass is 548 g/mol. The van der Waals surface area contributed by atoms with Gasteiger partial charge in [-0.05, 0) is 0 Å². The van der Waals surface area contributed by atoms with Crippen molar-refractivity contribution in [3.8, 4) is 0 Å². The molecule has 0 heterocycles. The average Bonchev–Trinajstić information content (AvgIpc) is 0. The molecule has 6 nitrogen and oxygen atoms in total. The van der Waals surface area contributed by atoms with Gasteiger partial charge in [0.15, 0.2) is 0 Å². The van der Waals surface area contributed by atoms with Crippen molar-refractivity contribution in [2.75, 3.05) is 0 Å². The molecule has 17 heteroatoms. The minimum atomic E-state index is 0. The molecule has 0 aliphatic heterocycles. The van der Waals surface area contributed by atoms with Crippen LogP contribution in [-0.2, 0) is 0 Å². The molecular formula is H23K11O6. The van der Waals surface area contributed by atoms with Gasteiger partial charge in [0.2, 0.25) is 0 Å². The van der Waals surface area contributed by atoms with Crippen LogP contribution < -0.4 is 0 Å². The first kappa shape index (κ1) is 126. The van der Waals surface area contributed by atoms with Crippen LogP contribution >= 0.6 is 0 Å². The Balaban J connectivity index is 0. The van der Waals surface area contributed by atoms with Crippen molar-refractivity contribution in [2.24, 2.45) is 0 Å². The Morgan fingerprint density at radius 2 is 0.118 bits per heavy atom. The van der Waals surface area contributed by atoms with Gasteiger partial charge in [0.1, 0.15) is 0 Å². The Kier molecular flexibility index (Phi) is 849. The van der Waals surface area contributed by atoms with Gasteiger partial charge in [-0.3, -0.25) is 0 Å². The summed E-state index contributed by atoms with van der Waals surface area (Å²) >= 11 is 0. The third-order valence-electron chi connectivity index (χ3n) is 0. The summed E-state index contributed by atoms with van der Waals surface area (Å²) in [7, 11) is 0. The van der Waals surface area contributed by atoms with E-state index in [1.807, 2.05) is 0 Å². The van der Waals surface area contributed by atoms with Crippen LogP contribution in [0.3, 0.4) is 0 Å². The molecule has 0 fully saturated rings. The molecular weight excluding hydrogens is 526 g/mol. The van der Waals surface area contributed by atoms with E-state index in [4.69, 9.17) is 0 Å². The molecule has 0 spiro atoms. The first-order valence-corrected chi connectivity index (χ1v) is 0. The van der Waals surface area contributed by atoms with Crippen molar-refractivity contribution in [1.82, 2.24) is 0 Å². The molecule has 0 saturated carbocycles. The van der Waals surface area contributed by atoms with Gasteiger partial charge in [0, 0.05) is 0 Å². The zero-order valence-corrected chi connectivity index (χ0v) is 3.00. The summed E-state index contributed by atoms with van der Waals surface area (Å²) in [4.78, 5) is 0. The SMILES string of the molecule is O.O.O.O.O.O.[KH].[KH].[KH].[KH].[KH].[KH].[KH].[KH].[KH].[KH].[KH]. The summed E-state index contributed by atoms with van der Waals surface area (Å²) < 4.78 is 0. The maximum absolute atomic E-state index is 0. The molecule has 0 aliphatic carbocycles. The Bertz CT molecular complexity index is 15.9. The second-order valence-electron chi connectivity index (χ2n) is 0. The van der Waals surface area contributed by atoms with Crippen LogP contribution in [0.2, 0.25) is 0 Å². The molecule has 12 N–H and O–H groups in total. The summed E-state index contributed by atoms with van der Waals surface area (Å²) in [5.74, 6) is 0. The fraction of sp³-hybridized carbons (Fsp3) is 0. The molecule has 0 radical (unpaired) electrons. The molecule has 70 valence electrons. The van der Waals surface area contributed by atoms with Crippen molar-refractivity contribution < 1.29 is 32.9 Å². The van der Waals surface area contributed by atoms with Crippen LogP contribution in [0.1, 0.15) is 0 Å². The van der Waals surface area contributed by atoms with E-state index in [-0.39, 0.29) is 598 Å². The summed E-state index contributed by atoms with van der Waals surface area (Å²) in [6.45, 7) is 0. The van der Waals surface area contributed by atoms with E-state index in [9.17, 15) is 0 Å². The number of rotatable bonds is 0. The summed E-state index contributed by atoms with van der Waals surface area (Å²) in [6.07, 6.45) is 0. The van der Waals surface area contributed by atoms with Gasteiger partial charge in [-0.15, -0.1) is 0 Å². The van der Waals surface area contributed by atoms with E-state index in [1.54, 1.807) is 0 Å². The van der Waals surface area contributed by atoms with Crippen LogP contribution in [0.5, 0.6) is 0 Å². The maximum atomic E-state index is 0. The van der Waals surface area contributed by atoms with Crippen LogP contribution in [0.25, 0.3) is 0 Å². The quantitative estimate of drug-likeness (QED) is 0.260. The molecule has 0 bridgehead atoms. The topological polar surface area (TPSA) is 189 Å². The molecule has 0 saturated heterocycles. The van der Waals surface area contributed by atoms with E-state index in [1.165, 1.54) is 0 Å². The average molecular weight is 549 g/mol. The summed E-state index contributed by atoms with van der Waals surface area (Å²) in [5.41, 5.74) is 0. The van der Waals surface area contributed by atoms with Gasteiger partial charge in [0.25, 0.3) is 0 Å². The van der Waals surface area contributed by atoms with E-state index < -0.39 is 0 Å². The van der Waals surface area contributed by atoms with E-state index in [0.717, 1.165) is 0 Å². The molecule has 0 amide bonds. The molecule has 17 heavy (non-hydrogen) atoms. The second kappa shape index (κ2) is 115. The van der Waals surface area contributed by atoms with Crippen molar-refractivity contribution in [3.63, 3.8) is 0 Å². The van der Waals surface area contributed by atoms with Crippen molar-refractivity contribution in [3.05, 3.63) is 0 Å². The third-order valence-corrected chi connectivity index (χ3v) is 0. The third kappa shape index (κ3) is 108. The first-order valence-electron chi connectivity index (χ1n) is 0. The number of hydrogen-bond acceptors (Lipinski definition) is 0. The Morgan fingerprint density at radius 3 is 0.118 bits per heavy atom. The Morgan fingerprint density at radius 1 is 0.118 bits per heavy atom. The molecule has 0 aromatic rings. The fourth-order valence-electron chi connectivity index (χ4n) is 0. The molecule has 0 aromatic heterocycles. The fourth-order valence-corrected chi connectivity index (χ4v) is 0. The van der Waals surface area contributed by atoms with Crippen LogP contribution in [0, 0.1) is 0 Å².